The number of amides is 1. The number of carbonyl (C=O) groups excluding carboxylic acids is 1. The van der Waals surface area contributed by atoms with Crippen LogP contribution in [-0.4, -0.2) is 37.0 Å². The molecule has 1 aliphatic carbocycles. The molecule has 2 rings (SSSR count). The zero-order chi connectivity index (χ0) is 15.1. The van der Waals surface area contributed by atoms with Crippen molar-refractivity contribution in [2.75, 3.05) is 25.5 Å². The summed E-state index contributed by atoms with van der Waals surface area (Å²) in [7, 11) is 1.74. The van der Waals surface area contributed by atoms with E-state index in [0.29, 0.717) is 18.8 Å². The number of hydrogen-bond acceptors (Lipinski definition) is 3. The summed E-state index contributed by atoms with van der Waals surface area (Å²) < 4.78 is 0. The molecule has 1 saturated carbocycles. The summed E-state index contributed by atoms with van der Waals surface area (Å²) in [5, 5.41) is 9.18. The van der Waals surface area contributed by atoms with Gasteiger partial charge < -0.3 is 16.0 Å². The second kappa shape index (κ2) is 9.60. The molecule has 3 N–H and O–H groups in total. The first-order chi connectivity index (χ1) is 10.2. The number of hydrogen-bond donors (Lipinski definition) is 3. The molecule has 1 fully saturated rings. The first-order valence-corrected chi connectivity index (χ1v) is 7.35. The largest absolute Gasteiger partial charge is 0.356 e. The van der Waals surface area contributed by atoms with Crippen LogP contribution in [0.1, 0.15) is 25.0 Å². The Balaban J connectivity index is 0.00000242. The van der Waals surface area contributed by atoms with E-state index in [4.69, 9.17) is 0 Å². The van der Waals surface area contributed by atoms with Crippen LogP contribution in [0, 0.1) is 12.8 Å². The van der Waals surface area contributed by atoms with Gasteiger partial charge in [0.1, 0.15) is 5.82 Å². The summed E-state index contributed by atoms with van der Waals surface area (Å²) in [6.07, 6.45) is 2.98. The predicted molar refractivity (Wildman–Crippen MR) is 99.7 cm³/mol. The second-order valence-corrected chi connectivity index (χ2v) is 5.29. The number of aliphatic imine (C=N–C) groups is 1. The van der Waals surface area contributed by atoms with Crippen molar-refractivity contribution in [3.8, 4) is 0 Å². The Hall–Kier alpha value is -1.38. The third kappa shape index (κ3) is 7.06. The topological polar surface area (TPSA) is 78.4 Å². The van der Waals surface area contributed by atoms with Gasteiger partial charge in [0.2, 0.25) is 5.91 Å². The number of nitrogens with zero attached hydrogens (tertiary/aromatic N) is 2. The predicted octanol–water partition coefficient (Wildman–Crippen LogP) is 1.91. The zero-order valence-electron chi connectivity index (χ0n) is 13.1. The Morgan fingerprint density at radius 3 is 2.77 bits per heavy atom. The first-order valence-electron chi connectivity index (χ1n) is 7.35. The van der Waals surface area contributed by atoms with Crippen LogP contribution >= 0.6 is 24.0 Å². The van der Waals surface area contributed by atoms with E-state index in [1.807, 2.05) is 19.1 Å². The van der Waals surface area contributed by atoms with Crippen molar-refractivity contribution in [2.45, 2.75) is 26.2 Å². The van der Waals surface area contributed by atoms with Crippen molar-refractivity contribution in [2.24, 2.45) is 10.9 Å². The quantitative estimate of drug-likeness (QED) is 0.376. The normalized spacial score (nSPS) is 14.0. The molecule has 0 spiro atoms. The number of halogens is 1. The molecule has 1 heterocycles. The van der Waals surface area contributed by atoms with E-state index in [1.165, 1.54) is 12.8 Å². The van der Waals surface area contributed by atoms with Gasteiger partial charge in [0.05, 0.1) is 0 Å². The van der Waals surface area contributed by atoms with Crippen LogP contribution in [0.5, 0.6) is 0 Å². The van der Waals surface area contributed by atoms with Gasteiger partial charge in [-0.25, -0.2) is 4.98 Å². The fourth-order valence-electron chi connectivity index (χ4n) is 1.90. The van der Waals surface area contributed by atoms with Gasteiger partial charge >= 0.3 is 0 Å². The van der Waals surface area contributed by atoms with E-state index in [9.17, 15) is 4.79 Å². The molecule has 1 amide bonds. The first kappa shape index (κ1) is 18.7. The third-order valence-corrected chi connectivity index (χ3v) is 3.28. The van der Waals surface area contributed by atoms with Gasteiger partial charge in [0.25, 0.3) is 0 Å². The average molecular weight is 417 g/mol. The van der Waals surface area contributed by atoms with Crippen LogP contribution in [0.2, 0.25) is 0 Å². The number of guanidine groups is 1. The lowest BCUT2D eigenvalue weighted by Gasteiger charge is -2.11. The highest BCUT2D eigenvalue weighted by atomic mass is 127. The Morgan fingerprint density at radius 1 is 1.36 bits per heavy atom. The minimum absolute atomic E-state index is 0. The monoisotopic (exact) mass is 417 g/mol. The maximum Gasteiger partial charge on any atom is 0.227 e. The van der Waals surface area contributed by atoms with Gasteiger partial charge in [-0.05, 0) is 37.8 Å². The Kier molecular flexibility index (Phi) is 8.15. The molecule has 0 atom stereocenters. The number of carbonyl (C=O) groups is 1. The van der Waals surface area contributed by atoms with Crippen molar-refractivity contribution in [1.82, 2.24) is 15.6 Å². The maximum absolute atomic E-state index is 11.8. The highest BCUT2D eigenvalue weighted by Gasteiger charge is 2.20. The Morgan fingerprint density at radius 2 is 2.14 bits per heavy atom. The van der Waals surface area contributed by atoms with E-state index >= 15 is 0 Å². The van der Waals surface area contributed by atoms with Crippen molar-refractivity contribution in [1.29, 1.82) is 0 Å². The molecule has 0 unspecified atom stereocenters. The lowest BCUT2D eigenvalue weighted by Crippen LogP contribution is -2.39. The molecule has 0 saturated heterocycles. The molecule has 6 nitrogen and oxygen atoms in total. The minimum Gasteiger partial charge on any atom is -0.356 e. The Bertz CT molecular complexity index is 516. The molecule has 0 bridgehead atoms. The van der Waals surface area contributed by atoms with Crippen molar-refractivity contribution < 1.29 is 4.79 Å². The number of aryl methyl sites for hydroxylation is 1. The smallest absolute Gasteiger partial charge is 0.227 e. The number of nitrogens with one attached hydrogen (secondary N) is 3. The summed E-state index contributed by atoms with van der Waals surface area (Å²) in [5.41, 5.74) is 0.885. The molecule has 122 valence electrons. The molecule has 7 heteroatoms. The zero-order valence-corrected chi connectivity index (χ0v) is 15.4. The van der Waals surface area contributed by atoms with E-state index < -0.39 is 0 Å². The lowest BCUT2D eigenvalue weighted by atomic mass is 10.3. The SMILES string of the molecule is CN=C(NCCC(=O)Nc1cccc(C)n1)NCC1CC1.I. The molecule has 0 aliphatic heterocycles. The molecule has 0 radical (unpaired) electrons. The second-order valence-electron chi connectivity index (χ2n) is 5.29. The van der Waals surface area contributed by atoms with Crippen LogP contribution < -0.4 is 16.0 Å². The number of rotatable bonds is 6. The molecular weight excluding hydrogens is 393 g/mol. The molecule has 1 aliphatic rings. The Labute approximate surface area is 148 Å². The molecular formula is C15H24IN5O. The molecule has 22 heavy (non-hydrogen) atoms. The van der Waals surface area contributed by atoms with Crippen LogP contribution in [0.3, 0.4) is 0 Å². The highest BCUT2D eigenvalue weighted by molar-refractivity contribution is 14.0. The number of anilines is 1. The van der Waals surface area contributed by atoms with Crippen molar-refractivity contribution >= 4 is 41.7 Å². The highest BCUT2D eigenvalue weighted by Crippen LogP contribution is 2.27. The number of pyridine rings is 1. The maximum atomic E-state index is 11.8. The van der Waals surface area contributed by atoms with Crippen LogP contribution in [0.25, 0.3) is 0 Å². The number of aromatic nitrogens is 1. The van der Waals surface area contributed by atoms with Gasteiger partial charge in [-0.1, -0.05) is 6.07 Å². The van der Waals surface area contributed by atoms with E-state index in [0.717, 1.165) is 24.1 Å². The average Bonchev–Trinajstić information content (AvgIpc) is 3.26. The summed E-state index contributed by atoms with van der Waals surface area (Å²) in [6, 6.07) is 5.56. The summed E-state index contributed by atoms with van der Waals surface area (Å²) >= 11 is 0. The molecule has 0 aromatic carbocycles. The third-order valence-electron chi connectivity index (χ3n) is 3.28. The van der Waals surface area contributed by atoms with Gasteiger partial charge in [-0.2, -0.15) is 0 Å². The standard InChI is InChI=1S/C15H23N5O.HI/c1-11-4-3-5-13(19-11)20-14(21)8-9-17-15(16-2)18-10-12-6-7-12;/h3-5,12H,6-10H2,1-2H3,(H2,16,17,18)(H,19,20,21);1H. The van der Waals surface area contributed by atoms with Crippen LogP contribution in [-0.2, 0) is 4.79 Å². The van der Waals surface area contributed by atoms with Gasteiger partial charge in [0.15, 0.2) is 5.96 Å². The molecule has 1 aromatic rings. The minimum atomic E-state index is -0.0572. The summed E-state index contributed by atoms with van der Waals surface area (Å²) in [5.74, 6) is 2.08. The van der Waals surface area contributed by atoms with Crippen molar-refractivity contribution in [3.05, 3.63) is 23.9 Å². The lowest BCUT2D eigenvalue weighted by molar-refractivity contribution is -0.116. The van der Waals surface area contributed by atoms with Crippen molar-refractivity contribution in [3.63, 3.8) is 0 Å². The van der Waals surface area contributed by atoms with Gasteiger partial charge in [-0.3, -0.25) is 9.79 Å². The van der Waals surface area contributed by atoms with E-state index in [1.54, 1.807) is 13.1 Å². The van der Waals surface area contributed by atoms with Gasteiger partial charge in [0, 0.05) is 32.3 Å². The van der Waals surface area contributed by atoms with Crippen LogP contribution in [0.4, 0.5) is 5.82 Å². The molecule has 1 aromatic heterocycles. The fraction of sp³-hybridized carbons (Fsp3) is 0.533. The van der Waals surface area contributed by atoms with E-state index in [-0.39, 0.29) is 29.9 Å². The summed E-state index contributed by atoms with van der Waals surface area (Å²) in [6.45, 7) is 3.40. The van der Waals surface area contributed by atoms with Gasteiger partial charge in [-0.15, -0.1) is 24.0 Å². The fourth-order valence-corrected chi connectivity index (χ4v) is 1.90. The van der Waals surface area contributed by atoms with E-state index in [2.05, 4.69) is 25.9 Å². The van der Waals surface area contributed by atoms with Crippen LogP contribution in [0.15, 0.2) is 23.2 Å². The summed E-state index contributed by atoms with van der Waals surface area (Å²) in [4.78, 5) is 20.2.